The monoisotopic (exact) mass is 334 g/mol. The molecule has 0 radical (unpaired) electrons. The Morgan fingerprint density at radius 3 is 2.58 bits per heavy atom. The van der Waals surface area contributed by atoms with E-state index in [1.807, 2.05) is 45.0 Å². The number of ether oxygens (including phenoxy) is 2. The van der Waals surface area contributed by atoms with E-state index in [0.717, 1.165) is 11.3 Å². The first-order valence-electron chi connectivity index (χ1n) is 8.18. The van der Waals surface area contributed by atoms with Crippen LogP contribution < -0.4 is 5.32 Å². The lowest BCUT2D eigenvalue weighted by Gasteiger charge is -2.41. The number of amides is 2. The molecule has 0 saturated carbocycles. The average Bonchev–Trinajstić information content (AvgIpc) is 2.52. The standard InChI is InChI=1S/C18H26N2O4/c1-13-11-20(12-18(2,3)24-13)17(22)19-15-8-5-14(6-9-15)7-10-16(21)23-4/h5-6,8-9,13H,7,10-12H2,1-4H3,(H,19,22)/t13-/m1/s1. The zero-order valence-electron chi connectivity index (χ0n) is 14.8. The van der Waals surface area contributed by atoms with Crippen molar-refractivity contribution < 1.29 is 19.1 Å². The molecule has 1 N–H and O–H groups in total. The summed E-state index contributed by atoms with van der Waals surface area (Å²) < 4.78 is 10.4. The molecule has 1 aromatic rings. The van der Waals surface area contributed by atoms with E-state index in [1.165, 1.54) is 7.11 Å². The molecule has 1 aromatic carbocycles. The molecule has 0 aliphatic carbocycles. The van der Waals surface area contributed by atoms with Gasteiger partial charge in [0.25, 0.3) is 0 Å². The number of carbonyl (C=O) groups excluding carboxylic acids is 2. The number of nitrogens with one attached hydrogen (secondary N) is 1. The molecule has 24 heavy (non-hydrogen) atoms. The Bertz CT molecular complexity index is 583. The second-order valence-electron chi connectivity index (χ2n) is 6.77. The Labute approximate surface area is 143 Å². The van der Waals surface area contributed by atoms with Crippen molar-refractivity contribution in [1.29, 1.82) is 0 Å². The zero-order valence-corrected chi connectivity index (χ0v) is 14.8. The van der Waals surface area contributed by atoms with Crippen LogP contribution in [0.15, 0.2) is 24.3 Å². The van der Waals surface area contributed by atoms with Gasteiger partial charge in [-0.05, 0) is 44.9 Å². The number of nitrogens with zero attached hydrogens (tertiary/aromatic N) is 1. The van der Waals surface area contributed by atoms with Gasteiger partial charge in [-0.2, -0.15) is 0 Å². The summed E-state index contributed by atoms with van der Waals surface area (Å²) in [5.41, 5.74) is 1.42. The van der Waals surface area contributed by atoms with E-state index in [9.17, 15) is 9.59 Å². The van der Waals surface area contributed by atoms with Gasteiger partial charge in [0.2, 0.25) is 0 Å². The Morgan fingerprint density at radius 1 is 1.33 bits per heavy atom. The summed E-state index contributed by atoms with van der Waals surface area (Å²) in [4.78, 5) is 25.4. The molecule has 0 aromatic heterocycles. The second-order valence-corrected chi connectivity index (χ2v) is 6.77. The molecular weight excluding hydrogens is 308 g/mol. The van der Waals surface area contributed by atoms with Gasteiger partial charge in [0.1, 0.15) is 0 Å². The van der Waals surface area contributed by atoms with Crippen LogP contribution >= 0.6 is 0 Å². The minimum atomic E-state index is -0.341. The van der Waals surface area contributed by atoms with Gasteiger partial charge in [0.15, 0.2) is 0 Å². The third-order valence-corrected chi connectivity index (χ3v) is 3.91. The molecule has 1 fully saturated rings. The van der Waals surface area contributed by atoms with Crippen molar-refractivity contribution in [3.8, 4) is 0 Å². The molecule has 6 nitrogen and oxygen atoms in total. The van der Waals surface area contributed by atoms with Crippen molar-refractivity contribution in [3.63, 3.8) is 0 Å². The molecule has 0 unspecified atom stereocenters. The summed E-state index contributed by atoms with van der Waals surface area (Å²) in [6.07, 6.45) is 0.985. The van der Waals surface area contributed by atoms with Gasteiger partial charge in [-0.15, -0.1) is 0 Å². The van der Waals surface area contributed by atoms with Crippen LogP contribution in [0.5, 0.6) is 0 Å². The number of urea groups is 1. The summed E-state index contributed by atoms with van der Waals surface area (Å²) in [5, 5.41) is 2.91. The number of esters is 1. The third-order valence-electron chi connectivity index (χ3n) is 3.91. The van der Waals surface area contributed by atoms with E-state index in [4.69, 9.17) is 4.74 Å². The predicted molar refractivity (Wildman–Crippen MR) is 92.0 cm³/mol. The SMILES string of the molecule is COC(=O)CCc1ccc(NC(=O)N2C[C@@H](C)OC(C)(C)C2)cc1. The molecular formula is C18H26N2O4. The van der Waals surface area contributed by atoms with Crippen molar-refractivity contribution in [2.24, 2.45) is 0 Å². The summed E-state index contributed by atoms with van der Waals surface area (Å²) in [6, 6.07) is 7.38. The maximum Gasteiger partial charge on any atom is 0.322 e. The Balaban J connectivity index is 1.91. The number of morpholine rings is 1. The highest BCUT2D eigenvalue weighted by Gasteiger charge is 2.33. The van der Waals surface area contributed by atoms with Crippen molar-refractivity contribution in [3.05, 3.63) is 29.8 Å². The fraction of sp³-hybridized carbons (Fsp3) is 0.556. The smallest absolute Gasteiger partial charge is 0.322 e. The molecule has 0 bridgehead atoms. The molecule has 0 spiro atoms. The fourth-order valence-corrected chi connectivity index (χ4v) is 2.91. The molecule has 1 heterocycles. The summed E-state index contributed by atoms with van der Waals surface area (Å²) in [5.74, 6) is -0.226. The van der Waals surface area contributed by atoms with Crippen molar-refractivity contribution in [2.45, 2.75) is 45.3 Å². The lowest BCUT2D eigenvalue weighted by Crippen LogP contribution is -2.54. The first-order chi connectivity index (χ1) is 11.3. The number of aryl methyl sites for hydroxylation is 1. The number of hydrogen-bond donors (Lipinski definition) is 1. The molecule has 2 rings (SSSR count). The van der Waals surface area contributed by atoms with E-state index in [0.29, 0.717) is 25.9 Å². The molecule has 2 amide bonds. The van der Waals surface area contributed by atoms with Crippen LogP contribution in [-0.2, 0) is 20.7 Å². The number of rotatable bonds is 4. The van der Waals surface area contributed by atoms with E-state index >= 15 is 0 Å². The molecule has 1 aliphatic heterocycles. The van der Waals surface area contributed by atoms with Crippen LogP contribution in [0.1, 0.15) is 32.8 Å². The molecule has 1 atom stereocenters. The van der Waals surface area contributed by atoms with Crippen molar-refractivity contribution >= 4 is 17.7 Å². The van der Waals surface area contributed by atoms with Crippen molar-refractivity contribution in [1.82, 2.24) is 4.90 Å². The quantitative estimate of drug-likeness (QED) is 0.860. The number of hydrogen-bond acceptors (Lipinski definition) is 4. The summed E-state index contributed by atoms with van der Waals surface area (Å²) >= 11 is 0. The van der Waals surface area contributed by atoms with Crippen LogP contribution in [0.2, 0.25) is 0 Å². The van der Waals surface area contributed by atoms with E-state index < -0.39 is 0 Å². The average molecular weight is 334 g/mol. The van der Waals surface area contributed by atoms with E-state index in [-0.39, 0.29) is 23.7 Å². The van der Waals surface area contributed by atoms with E-state index in [2.05, 4.69) is 10.1 Å². The lowest BCUT2D eigenvalue weighted by molar-refractivity contribution is -0.140. The minimum Gasteiger partial charge on any atom is -0.469 e. The highest BCUT2D eigenvalue weighted by molar-refractivity contribution is 5.89. The predicted octanol–water partition coefficient (Wildman–Crippen LogP) is 2.82. The van der Waals surface area contributed by atoms with Crippen LogP contribution in [0, 0.1) is 0 Å². The van der Waals surface area contributed by atoms with Gasteiger partial charge in [-0.3, -0.25) is 4.79 Å². The zero-order chi connectivity index (χ0) is 17.7. The van der Waals surface area contributed by atoms with Crippen LogP contribution in [-0.4, -0.2) is 48.8 Å². The third kappa shape index (κ3) is 5.23. The van der Waals surface area contributed by atoms with Gasteiger partial charge in [0, 0.05) is 18.7 Å². The van der Waals surface area contributed by atoms with Gasteiger partial charge in [-0.25, -0.2) is 4.79 Å². The fourth-order valence-electron chi connectivity index (χ4n) is 2.91. The van der Waals surface area contributed by atoms with Crippen LogP contribution in [0.25, 0.3) is 0 Å². The van der Waals surface area contributed by atoms with Gasteiger partial charge >= 0.3 is 12.0 Å². The highest BCUT2D eigenvalue weighted by atomic mass is 16.5. The second kappa shape index (κ2) is 7.66. The Morgan fingerprint density at radius 2 is 2.00 bits per heavy atom. The molecule has 6 heteroatoms. The summed E-state index contributed by atoms with van der Waals surface area (Å²) in [7, 11) is 1.38. The van der Waals surface area contributed by atoms with Crippen molar-refractivity contribution in [2.75, 3.05) is 25.5 Å². The molecule has 1 aliphatic rings. The largest absolute Gasteiger partial charge is 0.469 e. The first-order valence-corrected chi connectivity index (χ1v) is 8.18. The number of carbonyl (C=O) groups is 2. The van der Waals surface area contributed by atoms with Crippen LogP contribution in [0.4, 0.5) is 10.5 Å². The first kappa shape index (κ1) is 18.3. The normalized spacial score (nSPS) is 19.7. The lowest BCUT2D eigenvalue weighted by atomic mass is 10.1. The highest BCUT2D eigenvalue weighted by Crippen LogP contribution is 2.21. The maximum absolute atomic E-state index is 12.4. The number of anilines is 1. The number of methoxy groups -OCH3 is 1. The molecule has 132 valence electrons. The van der Waals surface area contributed by atoms with Gasteiger partial charge in [0.05, 0.1) is 25.4 Å². The van der Waals surface area contributed by atoms with Gasteiger partial charge in [-0.1, -0.05) is 12.1 Å². The maximum atomic E-state index is 12.4. The Kier molecular flexibility index (Phi) is 5.83. The minimum absolute atomic E-state index is 0.0141. The van der Waals surface area contributed by atoms with E-state index in [1.54, 1.807) is 4.90 Å². The Hall–Kier alpha value is -2.08. The van der Waals surface area contributed by atoms with Gasteiger partial charge < -0.3 is 19.7 Å². The summed E-state index contributed by atoms with van der Waals surface area (Å²) in [6.45, 7) is 7.07. The molecule has 1 saturated heterocycles. The topological polar surface area (TPSA) is 67.9 Å². The number of benzene rings is 1. The van der Waals surface area contributed by atoms with Crippen LogP contribution in [0.3, 0.4) is 0 Å².